The highest BCUT2D eigenvalue weighted by atomic mass is 19.1. The number of aryl methyl sites for hydroxylation is 1. The summed E-state index contributed by atoms with van der Waals surface area (Å²) in [5.74, 6) is -0.00450. The maximum Gasteiger partial charge on any atom is 0.229 e. The summed E-state index contributed by atoms with van der Waals surface area (Å²) in [4.78, 5) is 25.7. The molecule has 4 aromatic rings. The number of rotatable bonds is 5. The number of aromatic nitrogens is 4. The molecular formula is C25H26FN7O. The van der Waals surface area contributed by atoms with Crippen molar-refractivity contribution >= 4 is 33.9 Å². The summed E-state index contributed by atoms with van der Waals surface area (Å²) in [5, 5.41) is 4.07. The summed E-state index contributed by atoms with van der Waals surface area (Å²) in [6.45, 7) is 3.89. The standard InChI is InChI=1S/C25H26FN7O/c1-4-14-21(19-10-30-11-33(19)3)22(14)25(34)32-20-6-13-5-15(16-7-29-9-18(27)12(16)2)23(26)24(28)17(13)8-31-20/h5-11,14,21-22H,4,27-28H2,1-3H3,(H,31,32,34)/t14-,21-,22+/m0/s1. The Kier molecular flexibility index (Phi) is 5.19. The molecule has 1 amide bonds. The lowest BCUT2D eigenvalue weighted by atomic mass is 9.97. The van der Waals surface area contributed by atoms with Crippen LogP contribution < -0.4 is 16.8 Å². The van der Waals surface area contributed by atoms with E-state index >= 15 is 4.39 Å². The van der Waals surface area contributed by atoms with Crippen molar-refractivity contribution in [2.75, 3.05) is 16.8 Å². The van der Waals surface area contributed by atoms with Crippen LogP contribution in [-0.2, 0) is 11.8 Å². The number of pyridine rings is 2. The Labute approximate surface area is 196 Å². The Morgan fingerprint density at radius 2 is 1.94 bits per heavy atom. The molecule has 3 heterocycles. The number of nitrogen functional groups attached to an aromatic ring is 2. The summed E-state index contributed by atoms with van der Waals surface area (Å²) in [6.07, 6.45) is 9.04. The Balaban J connectivity index is 1.47. The van der Waals surface area contributed by atoms with Gasteiger partial charge in [-0.3, -0.25) is 9.78 Å². The highest BCUT2D eigenvalue weighted by Crippen LogP contribution is 2.56. The molecule has 1 fully saturated rings. The van der Waals surface area contributed by atoms with E-state index in [1.54, 1.807) is 24.7 Å². The predicted octanol–water partition coefficient (Wildman–Crippen LogP) is 4.02. The first kappa shape index (κ1) is 21.8. The average Bonchev–Trinajstić information content (AvgIpc) is 3.40. The van der Waals surface area contributed by atoms with Crippen LogP contribution in [0.1, 0.15) is 30.5 Å². The number of carbonyl (C=O) groups excluding carboxylic acids is 1. The molecule has 3 aromatic heterocycles. The van der Waals surface area contributed by atoms with Crippen LogP contribution in [0.25, 0.3) is 21.9 Å². The first-order valence-corrected chi connectivity index (χ1v) is 11.2. The third kappa shape index (κ3) is 3.44. The molecule has 9 heteroatoms. The SMILES string of the molecule is CC[C@@H]1[C@@H](C(=O)Nc2cc3cc(-c4cncc(N)c4C)c(F)c(N)c3cn2)[C@@H]1c1cncn1C. The number of imidazole rings is 1. The van der Waals surface area contributed by atoms with Crippen molar-refractivity contribution in [2.24, 2.45) is 18.9 Å². The lowest BCUT2D eigenvalue weighted by molar-refractivity contribution is -0.117. The minimum absolute atomic E-state index is 0.00999. The second kappa shape index (κ2) is 8.09. The van der Waals surface area contributed by atoms with Gasteiger partial charge in [0, 0.05) is 53.8 Å². The van der Waals surface area contributed by atoms with Crippen molar-refractivity contribution in [1.29, 1.82) is 0 Å². The number of nitrogens with two attached hydrogens (primary N) is 2. The minimum Gasteiger partial charge on any atom is -0.397 e. The number of carbonyl (C=O) groups is 1. The minimum atomic E-state index is -0.552. The molecular weight excluding hydrogens is 433 g/mol. The second-order valence-corrected chi connectivity index (χ2v) is 8.89. The van der Waals surface area contributed by atoms with Gasteiger partial charge in [-0.25, -0.2) is 14.4 Å². The number of amides is 1. The summed E-state index contributed by atoms with van der Waals surface area (Å²) in [5.41, 5.74) is 15.2. The van der Waals surface area contributed by atoms with Crippen LogP contribution in [0.3, 0.4) is 0 Å². The molecule has 34 heavy (non-hydrogen) atoms. The molecule has 1 saturated carbocycles. The van der Waals surface area contributed by atoms with Gasteiger partial charge in [0.15, 0.2) is 5.82 Å². The lowest BCUT2D eigenvalue weighted by Crippen LogP contribution is -2.16. The quantitative estimate of drug-likeness (QED) is 0.387. The second-order valence-electron chi connectivity index (χ2n) is 8.89. The van der Waals surface area contributed by atoms with E-state index in [9.17, 15) is 4.79 Å². The monoisotopic (exact) mass is 459 g/mol. The molecule has 0 radical (unpaired) electrons. The fraction of sp³-hybridized carbons (Fsp3) is 0.280. The normalized spacial score (nSPS) is 19.4. The largest absolute Gasteiger partial charge is 0.397 e. The summed E-state index contributed by atoms with van der Waals surface area (Å²) in [6, 6.07) is 3.40. The van der Waals surface area contributed by atoms with Crippen LogP contribution in [0.4, 0.5) is 21.6 Å². The smallest absolute Gasteiger partial charge is 0.229 e. The number of hydrogen-bond donors (Lipinski definition) is 3. The van der Waals surface area contributed by atoms with Crippen LogP contribution in [0.2, 0.25) is 0 Å². The topological polar surface area (TPSA) is 125 Å². The lowest BCUT2D eigenvalue weighted by Gasteiger charge is -2.13. The molecule has 5 rings (SSSR count). The third-order valence-corrected chi connectivity index (χ3v) is 6.93. The molecule has 8 nitrogen and oxygen atoms in total. The van der Waals surface area contributed by atoms with Gasteiger partial charge in [0.05, 0.1) is 29.8 Å². The summed E-state index contributed by atoms with van der Waals surface area (Å²) in [7, 11) is 1.94. The van der Waals surface area contributed by atoms with Crippen LogP contribution in [-0.4, -0.2) is 25.4 Å². The molecule has 1 aliphatic rings. The fourth-order valence-corrected chi connectivity index (χ4v) is 4.92. The maximum atomic E-state index is 15.1. The molecule has 5 N–H and O–H groups in total. The van der Waals surface area contributed by atoms with Crippen LogP contribution >= 0.6 is 0 Å². The van der Waals surface area contributed by atoms with Crippen molar-refractivity contribution in [2.45, 2.75) is 26.2 Å². The van der Waals surface area contributed by atoms with E-state index < -0.39 is 5.82 Å². The van der Waals surface area contributed by atoms with Gasteiger partial charge in [-0.1, -0.05) is 13.3 Å². The highest BCUT2D eigenvalue weighted by Gasteiger charge is 2.55. The number of benzene rings is 1. The van der Waals surface area contributed by atoms with E-state index in [0.717, 1.165) is 17.7 Å². The molecule has 0 unspecified atom stereocenters. The van der Waals surface area contributed by atoms with E-state index in [4.69, 9.17) is 11.5 Å². The molecule has 1 aromatic carbocycles. The number of nitrogens with one attached hydrogen (secondary N) is 1. The van der Waals surface area contributed by atoms with E-state index in [1.807, 2.05) is 24.7 Å². The number of halogens is 1. The first-order valence-electron chi connectivity index (χ1n) is 11.2. The number of anilines is 3. The van der Waals surface area contributed by atoms with Gasteiger partial charge in [-0.05, 0) is 35.9 Å². The van der Waals surface area contributed by atoms with Gasteiger partial charge >= 0.3 is 0 Å². The zero-order valence-corrected chi connectivity index (χ0v) is 19.2. The summed E-state index contributed by atoms with van der Waals surface area (Å²) < 4.78 is 17.1. The molecule has 0 spiro atoms. The third-order valence-electron chi connectivity index (χ3n) is 6.93. The maximum absolute atomic E-state index is 15.1. The van der Waals surface area contributed by atoms with E-state index in [1.165, 1.54) is 12.4 Å². The van der Waals surface area contributed by atoms with Crippen molar-refractivity contribution < 1.29 is 9.18 Å². The average molecular weight is 460 g/mol. The van der Waals surface area contributed by atoms with Crippen LogP contribution in [0.5, 0.6) is 0 Å². The van der Waals surface area contributed by atoms with E-state index in [2.05, 4.69) is 27.2 Å². The van der Waals surface area contributed by atoms with Crippen molar-refractivity contribution in [3.8, 4) is 11.1 Å². The van der Waals surface area contributed by atoms with Gasteiger partial charge in [-0.2, -0.15) is 0 Å². The van der Waals surface area contributed by atoms with Crippen LogP contribution in [0, 0.1) is 24.6 Å². The molecule has 0 saturated heterocycles. The number of nitrogens with zero attached hydrogens (tertiary/aromatic N) is 4. The predicted molar refractivity (Wildman–Crippen MR) is 130 cm³/mol. The van der Waals surface area contributed by atoms with Gasteiger partial charge < -0.3 is 21.4 Å². The Morgan fingerprint density at radius 3 is 2.65 bits per heavy atom. The fourth-order valence-electron chi connectivity index (χ4n) is 4.92. The summed E-state index contributed by atoms with van der Waals surface area (Å²) >= 11 is 0. The Hall–Kier alpha value is -4.01. The van der Waals surface area contributed by atoms with Crippen LogP contribution in [0.15, 0.2) is 43.2 Å². The molecule has 0 bridgehead atoms. The highest BCUT2D eigenvalue weighted by molar-refractivity contribution is 6.01. The van der Waals surface area contributed by atoms with Gasteiger partial charge in [0.25, 0.3) is 0 Å². The zero-order valence-electron chi connectivity index (χ0n) is 19.2. The van der Waals surface area contributed by atoms with Crippen molar-refractivity contribution in [3.05, 3.63) is 60.3 Å². The first-order chi connectivity index (χ1) is 16.3. The Morgan fingerprint density at radius 1 is 1.15 bits per heavy atom. The van der Waals surface area contributed by atoms with Crippen molar-refractivity contribution in [3.63, 3.8) is 0 Å². The van der Waals surface area contributed by atoms with Gasteiger partial charge in [-0.15, -0.1) is 0 Å². The molecule has 1 aliphatic carbocycles. The van der Waals surface area contributed by atoms with Gasteiger partial charge in [0.2, 0.25) is 5.91 Å². The molecule has 174 valence electrons. The molecule has 3 atom stereocenters. The van der Waals surface area contributed by atoms with E-state index in [-0.39, 0.29) is 29.3 Å². The number of fused-ring (bicyclic) bond motifs is 1. The van der Waals surface area contributed by atoms with E-state index in [0.29, 0.717) is 33.4 Å². The van der Waals surface area contributed by atoms with Crippen molar-refractivity contribution in [1.82, 2.24) is 19.5 Å². The Bertz CT molecular complexity index is 1430. The zero-order chi connectivity index (χ0) is 24.1. The molecule has 0 aliphatic heterocycles. The van der Waals surface area contributed by atoms with Gasteiger partial charge in [0.1, 0.15) is 5.82 Å². The number of hydrogen-bond acceptors (Lipinski definition) is 6.